The van der Waals surface area contributed by atoms with Gasteiger partial charge in [0.25, 0.3) is 0 Å². The normalized spacial score (nSPS) is 9.12. The molecule has 1 N–H and O–H groups in total. The highest BCUT2D eigenvalue weighted by molar-refractivity contribution is 5.88. The second-order valence-electron chi connectivity index (χ2n) is 2.98. The van der Waals surface area contributed by atoms with Crippen molar-refractivity contribution in [1.82, 2.24) is 5.16 Å². The van der Waals surface area contributed by atoms with Crippen LogP contribution in [0.25, 0.3) is 11.0 Å². The van der Waals surface area contributed by atoms with Crippen molar-refractivity contribution in [3.8, 4) is 12.1 Å². The van der Waals surface area contributed by atoms with Gasteiger partial charge in [-0.05, 0) is 12.1 Å². The number of para-hydroxylation sites is 1. The van der Waals surface area contributed by atoms with Gasteiger partial charge in [0.15, 0.2) is 5.58 Å². The predicted octanol–water partition coefficient (Wildman–Crippen LogP) is 2.17. The summed E-state index contributed by atoms with van der Waals surface area (Å²) in [6.07, 6.45) is 2.93. The van der Waals surface area contributed by atoms with E-state index in [2.05, 4.69) is 10.5 Å². The van der Waals surface area contributed by atoms with Gasteiger partial charge in [0.2, 0.25) is 0 Å². The Bertz CT molecular complexity index is 611. The standard InChI is InChI=1S/C11H6N4O/c12-4-8(5-13)6-14-10-3-1-2-9-7-15-16-11(9)10/h1-3,6-7,14H. The number of aromatic nitrogens is 1. The first-order chi connectivity index (χ1) is 7.85. The first-order valence-corrected chi connectivity index (χ1v) is 4.45. The Hall–Kier alpha value is -2.79. The molecule has 0 saturated heterocycles. The molecule has 0 atom stereocenters. The summed E-state index contributed by atoms with van der Waals surface area (Å²) < 4.78 is 5.04. The van der Waals surface area contributed by atoms with Crippen LogP contribution in [0.15, 0.2) is 40.7 Å². The van der Waals surface area contributed by atoms with E-state index in [4.69, 9.17) is 15.0 Å². The van der Waals surface area contributed by atoms with Crippen molar-refractivity contribution in [1.29, 1.82) is 10.5 Å². The van der Waals surface area contributed by atoms with Crippen molar-refractivity contribution in [3.63, 3.8) is 0 Å². The second kappa shape index (κ2) is 4.16. The van der Waals surface area contributed by atoms with Crippen molar-refractivity contribution in [2.45, 2.75) is 0 Å². The third kappa shape index (κ3) is 1.70. The van der Waals surface area contributed by atoms with Crippen molar-refractivity contribution < 1.29 is 4.52 Å². The summed E-state index contributed by atoms with van der Waals surface area (Å²) in [7, 11) is 0. The van der Waals surface area contributed by atoms with E-state index in [1.807, 2.05) is 12.1 Å². The highest BCUT2D eigenvalue weighted by atomic mass is 16.5. The number of hydrogen-bond donors (Lipinski definition) is 1. The first kappa shape index (κ1) is 9.75. The van der Waals surface area contributed by atoms with Gasteiger partial charge < -0.3 is 9.84 Å². The number of hydrogen-bond acceptors (Lipinski definition) is 5. The third-order valence-electron chi connectivity index (χ3n) is 1.99. The number of allylic oxidation sites excluding steroid dienone is 1. The fraction of sp³-hybridized carbons (Fsp3) is 0. The van der Waals surface area contributed by atoms with Crippen molar-refractivity contribution >= 4 is 16.7 Å². The van der Waals surface area contributed by atoms with E-state index < -0.39 is 0 Å². The van der Waals surface area contributed by atoms with Gasteiger partial charge in [-0.3, -0.25) is 0 Å². The average molecular weight is 210 g/mol. The van der Waals surface area contributed by atoms with Gasteiger partial charge in [-0.1, -0.05) is 11.2 Å². The molecule has 16 heavy (non-hydrogen) atoms. The van der Waals surface area contributed by atoms with Crippen LogP contribution < -0.4 is 5.32 Å². The summed E-state index contributed by atoms with van der Waals surface area (Å²) in [5, 5.41) is 24.5. The quantitative estimate of drug-likeness (QED) is 0.767. The average Bonchev–Trinajstić information content (AvgIpc) is 2.79. The summed E-state index contributed by atoms with van der Waals surface area (Å²) in [4.78, 5) is 0. The molecule has 0 bridgehead atoms. The minimum Gasteiger partial charge on any atom is -0.357 e. The van der Waals surface area contributed by atoms with Crippen molar-refractivity contribution in [3.05, 3.63) is 36.2 Å². The largest absolute Gasteiger partial charge is 0.357 e. The number of nitriles is 2. The third-order valence-corrected chi connectivity index (χ3v) is 1.99. The van der Waals surface area contributed by atoms with Gasteiger partial charge in [-0.15, -0.1) is 0 Å². The molecule has 0 aliphatic carbocycles. The molecule has 0 radical (unpaired) electrons. The minimum absolute atomic E-state index is 0.00322. The second-order valence-corrected chi connectivity index (χ2v) is 2.98. The fourth-order valence-corrected chi connectivity index (χ4v) is 1.25. The Balaban J connectivity index is 2.36. The molecule has 1 aromatic heterocycles. The molecule has 5 heteroatoms. The van der Waals surface area contributed by atoms with Crippen LogP contribution in [0.1, 0.15) is 0 Å². The molecule has 1 aromatic carbocycles. The molecule has 76 valence electrons. The van der Waals surface area contributed by atoms with Gasteiger partial charge in [0.1, 0.15) is 17.7 Å². The van der Waals surface area contributed by atoms with E-state index in [0.29, 0.717) is 11.3 Å². The van der Waals surface area contributed by atoms with Crippen LogP contribution in [0.5, 0.6) is 0 Å². The zero-order valence-corrected chi connectivity index (χ0v) is 8.14. The van der Waals surface area contributed by atoms with Crippen LogP contribution in [-0.2, 0) is 0 Å². The number of fused-ring (bicyclic) bond motifs is 1. The summed E-state index contributed by atoms with van der Waals surface area (Å²) in [5.74, 6) is 0. The topological polar surface area (TPSA) is 85.6 Å². The van der Waals surface area contributed by atoms with Crippen LogP contribution >= 0.6 is 0 Å². The predicted molar refractivity (Wildman–Crippen MR) is 56.9 cm³/mol. The maximum absolute atomic E-state index is 8.56. The summed E-state index contributed by atoms with van der Waals surface area (Å²) in [5.41, 5.74) is 1.25. The summed E-state index contributed by atoms with van der Waals surface area (Å²) in [6, 6.07) is 8.97. The molecule has 0 spiro atoms. The Morgan fingerprint density at radius 1 is 1.38 bits per heavy atom. The van der Waals surface area contributed by atoms with E-state index in [0.717, 1.165) is 5.39 Å². The van der Waals surface area contributed by atoms with Crippen LogP contribution in [-0.4, -0.2) is 5.16 Å². The zero-order valence-electron chi connectivity index (χ0n) is 8.14. The van der Waals surface area contributed by atoms with Crippen LogP contribution in [0, 0.1) is 22.7 Å². The SMILES string of the molecule is N#CC(C#N)=CNc1cccc2cnoc12. The van der Waals surface area contributed by atoms with E-state index >= 15 is 0 Å². The van der Waals surface area contributed by atoms with Crippen molar-refractivity contribution in [2.24, 2.45) is 0 Å². The Morgan fingerprint density at radius 2 is 2.19 bits per heavy atom. The molecule has 0 amide bonds. The van der Waals surface area contributed by atoms with Crippen molar-refractivity contribution in [2.75, 3.05) is 5.32 Å². The lowest BCUT2D eigenvalue weighted by Gasteiger charge is -1.99. The zero-order chi connectivity index (χ0) is 11.4. The Morgan fingerprint density at radius 3 is 2.94 bits per heavy atom. The molecule has 5 nitrogen and oxygen atoms in total. The molecule has 1 heterocycles. The lowest BCUT2D eigenvalue weighted by atomic mass is 10.2. The number of rotatable bonds is 2. The Labute approximate surface area is 91.2 Å². The highest BCUT2D eigenvalue weighted by Gasteiger charge is 2.03. The molecule has 0 fully saturated rings. The number of nitrogens with zero attached hydrogens (tertiary/aromatic N) is 3. The molecule has 0 unspecified atom stereocenters. The van der Waals surface area contributed by atoms with E-state index in [1.54, 1.807) is 24.4 Å². The molecular formula is C11H6N4O. The van der Waals surface area contributed by atoms with E-state index in [9.17, 15) is 0 Å². The van der Waals surface area contributed by atoms with Crippen LogP contribution in [0.3, 0.4) is 0 Å². The molecule has 0 aliphatic rings. The molecule has 0 saturated carbocycles. The number of benzene rings is 1. The maximum Gasteiger partial charge on any atom is 0.190 e. The maximum atomic E-state index is 8.56. The lowest BCUT2D eigenvalue weighted by Crippen LogP contribution is -1.89. The monoisotopic (exact) mass is 210 g/mol. The number of anilines is 1. The van der Waals surface area contributed by atoms with Gasteiger partial charge in [0, 0.05) is 11.6 Å². The fourth-order valence-electron chi connectivity index (χ4n) is 1.25. The van der Waals surface area contributed by atoms with E-state index in [-0.39, 0.29) is 5.57 Å². The van der Waals surface area contributed by atoms with Gasteiger partial charge in [-0.25, -0.2) is 0 Å². The van der Waals surface area contributed by atoms with Crippen LogP contribution in [0.2, 0.25) is 0 Å². The Kier molecular flexibility index (Phi) is 2.53. The van der Waals surface area contributed by atoms with Gasteiger partial charge in [-0.2, -0.15) is 10.5 Å². The van der Waals surface area contributed by atoms with Crippen LogP contribution in [0.4, 0.5) is 5.69 Å². The molecule has 2 aromatic rings. The highest BCUT2D eigenvalue weighted by Crippen LogP contribution is 2.22. The molecule has 2 rings (SSSR count). The smallest absolute Gasteiger partial charge is 0.190 e. The van der Waals surface area contributed by atoms with Gasteiger partial charge >= 0.3 is 0 Å². The van der Waals surface area contributed by atoms with Gasteiger partial charge in [0.05, 0.1) is 11.9 Å². The lowest BCUT2D eigenvalue weighted by molar-refractivity contribution is 0.457. The minimum atomic E-state index is -0.00322. The van der Waals surface area contributed by atoms with E-state index in [1.165, 1.54) is 6.20 Å². The summed E-state index contributed by atoms with van der Waals surface area (Å²) in [6.45, 7) is 0. The first-order valence-electron chi connectivity index (χ1n) is 4.45. The summed E-state index contributed by atoms with van der Waals surface area (Å²) >= 11 is 0. The molecule has 0 aliphatic heterocycles. The molecular weight excluding hydrogens is 204 g/mol. The number of nitrogens with one attached hydrogen (secondary N) is 1.